The third-order valence-corrected chi connectivity index (χ3v) is 5.43. The number of nitro benzene ring substituents is 1. The summed E-state index contributed by atoms with van der Waals surface area (Å²) in [6.45, 7) is -0.648. The Balaban J connectivity index is 1.54. The first-order valence-corrected chi connectivity index (χ1v) is 10.3. The maximum absolute atomic E-state index is 13.0. The van der Waals surface area contributed by atoms with Gasteiger partial charge in [-0.05, 0) is 29.8 Å². The normalized spacial score (nSPS) is 13.4. The van der Waals surface area contributed by atoms with Crippen LogP contribution in [0.15, 0.2) is 78.9 Å². The molecule has 0 aromatic heterocycles. The first-order valence-electron chi connectivity index (χ1n) is 10.3. The summed E-state index contributed by atoms with van der Waals surface area (Å²) < 4.78 is 5.21. The zero-order valence-electron chi connectivity index (χ0n) is 17.7. The monoisotopic (exact) mass is 458 g/mol. The van der Waals surface area contributed by atoms with Gasteiger partial charge >= 0.3 is 5.97 Å². The van der Waals surface area contributed by atoms with Gasteiger partial charge < -0.3 is 4.74 Å². The van der Waals surface area contributed by atoms with Crippen molar-refractivity contribution in [1.82, 2.24) is 4.90 Å². The molecule has 0 radical (unpaired) electrons. The van der Waals surface area contributed by atoms with Crippen LogP contribution in [0.3, 0.4) is 0 Å². The van der Waals surface area contributed by atoms with E-state index in [4.69, 9.17) is 4.74 Å². The molecule has 0 N–H and O–H groups in total. The van der Waals surface area contributed by atoms with E-state index in [-0.39, 0.29) is 28.8 Å². The molecule has 3 aromatic rings. The molecule has 1 aliphatic rings. The zero-order valence-corrected chi connectivity index (χ0v) is 17.7. The average molecular weight is 458 g/mol. The van der Waals surface area contributed by atoms with Crippen molar-refractivity contribution in [3.8, 4) is 0 Å². The third kappa shape index (κ3) is 4.44. The minimum atomic E-state index is -1.28. The molecule has 1 aliphatic heterocycles. The van der Waals surface area contributed by atoms with E-state index >= 15 is 0 Å². The highest BCUT2D eigenvalue weighted by Crippen LogP contribution is 2.26. The number of imide groups is 1. The van der Waals surface area contributed by atoms with Crippen LogP contribution in [0.5, 0.6) is 0 Å². The van der Waals surface area contributed by atoms with E-state index in [2.05, 4.69) is 0 Å². The molecule has 9 heteroatoms. The summed E-state index contributed by atoms with van der Waals surface area (Å²) in [7, 11) is 0. The second-order valence-corrected chi connectivity index (χ2v) is 7.57. The number of hydrogen-bond acceptors (Lipinski definition) is 7. The molecule has 0 unspecified atom stereocenters. The van der Waals surface area contributed by atoms with Crippen LogP contribution in [-0.2, 0) is 16.0 Å². The minimum absolute atomic E-state index is 0.0108. The average Bonchev–Trinajstić information content (AvgIpc) is 3.11. The summed E-state index contributed by atoms with van der Waals surface area (Å²) in [6.07, 6.45) is 0.0108. The minimum Gasteiger partial charge on any atom is -0.456 e. The van der Waals surface area contributed by atoms with Crippen molar-refractivity contribution in [2.45, 2.75) is 12.5 Å². The zero-order chi connectivity index (χ0) is 24.2. The van der Waals surface area contributed by atoms with Gasteiger partial charge in [-0.15, -0.1) is 0 Å². The second-order valence-electron chi connectivity index (χ2n) is 7.57. The van der Waals surface area contributed by atoms with E-state index in [0.717, 1.165) is 4.90 Å². The molecule has 4 rings (SSSR count). The van der Waals surface area contributed by atoms with Gasteiger partial charge in [-0.3, -0.25) is 29.4 Å². The summed E-state index contributed by atoms with van der Waals surface area (Å²) in [5.74, 6) is -2.71. The maximum atomic E-state index is 13.0. The van der Waals surface area contributed by atoms with E-state index in [1.54, 1.807) is 42.5 Å². The van der Waals surface area contributed by atoms with Gasteiger partial charge in [0.1, 0.15) is 6.04 Å². The fraction of sp³-hybridized carbons (Fsp3) is 0.120. The number of ether oxygens (including phenoxy) is 1. The van der Waals surface area contributed by atoms with Crippen LogP contribution in [0.1, 0.15) is 36.6 Å². The molecule has 170 valence electrons. The van der Waals surface area contributed by atoms with Crippen LogP contribution in [0.25, 0.3) is 0 Å². The van der Waals surface area contributed by atoms with Crippen molar-refractivity contribution in [3.05, 3.63) is 111 Å². The second kappa shape index (κ2) is 9.45. The van der Waals surface area contributed by atoms with Crippen LogP contribution < -0.4 is 0 Å². The van der Waals surface area contributed by atoms with Crippen molar-refractivity contribution < 1.29 is 28.8 Å². The Labute approximate surface area is 193 Å². The van der Waals surface area contributed by atoms with E-state index < -0.39 is 41.1 Å². The van der Waals surface area contributed by atoms with E-state index in [9.17, 15) is 29.3 Å². The number of hydrogen-bond donors (Lipinski definition) is 0. The SMILES string of the molecule is O=C(COC(=O)[C@@H](Cc1ccccc1)N1C(=O)c2ccccc2C1=O)c1ccc([N+](=O)[O-])cc1. The number of esters is 1. The Bertz CT molecular complexity index is 1250. The van der Waals surface area contributed by atoms with Gasteiger partial charge in [0.25, 0.3) is 17.5 Å². The van der Waals surface area contributed by atoms with Crippen molar-refractivity contribution >= 4 is 29.3 Å². The number of nitrogens with zero attached hydrogens (tertiary/aromatic N) is 2. The number of Topliss-reactive ketones (excluding diaryl/α,β-unsaturated/α-hetero) is 1. The highest BCUT2D eigenvalue weighted by molar-refractivity contribution is 6.22. The molecule has 9 nitrogen and oxygen atoms in total. The van der Waals surface area contributed by atoms with Crippen LogP contribution in [0, 0.1) is 10.1 Å². The van der Waals surface area contributed by atoms with Gasteiger partial charge in [0.05, 0.1) is 16.1 Å². The van der Waals surface area contributed by atoms with Crippen LogP contribution in [0.4, 0.5) is 5.69 Å². The van der Waals surface area contributed by atoms with Crippen molar-refractivity contribution in [2.75, 3.05) is 6.61 Å². The van der Waals surface area contributed by atoms with Gasteiger partial charge in [0, 0.05) is 24.1 Å². The summed E-state index contributed by atoms with van der Waals surface area (Å²) in [5, 5.41) is 10.8. The number of carbonyl (C=O) groups excluding carboxylic acids is 4. The fourth-order valence-corrected chi connectivity index (χ4v) is 3.69. The van der Waals surface area contributed by atoms with Gasteiger partial charge in [0.2, 0.25) is 0 Å². The predicted octanol–water partition coefficient (Wildman–Crippen LogP) is 3.23. The van der Waals surface area contributed by atoms with Crippen LogP contribution >= 0.6 is 0 Å². The first-order chi connectivity index (χ1) is 16.4. The van der Waals surface area contributed by atoms with Gasteiger partial charge in [-0.1, -0.05) is 42.5 Å². The van der Waals surface area contributed by atoms with Crippen molar-refractivity contribution in [1.29, 1.82) is 0 Å². The Hall–Kier alpha value is -4.66. The molecule has 1 atom stereocenters. The van der Waals surface area contributed by atoms with E-state index in [1.165, 1.54) is 36.4 Å². The topological polar surface area (TPSA) is 124 Å². The van der Waals surface area contributed by atoms with Crippen LogP contribution in [0.2, 0.25) is 0 Å². The molecule has 34 heavy (non-hydrogen) atoms. The van der Waals surface area contributed by atoms with Crippen LogP contribution in [-0.4, -0.2) is 46.0 Å². The standard InChI is InChI=1S/C25H18N2O7/c28-22(17-10-12-18(13-11-17)27(32)33)15-34-25(31)21(14-16-6-2-1-3-7-16)26-23(29)19-8-4-5-9-20(19)24(26)30/h1-13,21H,14-15H2/t21-/m1/s1. The smallest absolute Gasteiger partial charge is 0.330 e. The number of rotatable bonds is 8. The summed E-state index contributed by atoms with van der Waals surface area (Å²) in [5.41, 5.74) is 1.03. The number of fused-ring (bicyclic) bond motifs is 1. The predicted molar refractivity (Wildman–Crippen MR) is 119 cm³/mol. The lowest BCUT2D eigenvalue weighted by Crippen LogP contribution is -2.47. The molecule has 0 spiro atoms. The van der Waals surface area contributed by atoms with Gasteiger partial charge in [-0.2, -0.15) is 0 Å². The molecule has 0 saturated carbocycles. The number of benzene rings is 3. The lowest BCUT2D eigenvalue weighted by atomic mass is 10.0. The van der Waals surface area contributed by atoms with Gasteiger partial charge in [-0.25, -0.2) is 4.79 Å². The number of non-ortho nitro benzene ring substituents is 1. The number of nitro groups is 1. The Morgan fingerprint density at radius 3 is 1.97 bits per heavy atom. The molecular weight excluding hydrogens is 440 g/mol. The maximum Gasteiger partial charge on any atom is 0.330 e. The fourth-order valence-electron chi connectivity index (χ4n) is 3.69. The van der Waals surface area contributed by atoms with E-state index in [1.807, 2.05) is 0 Å². The van der Waals surface area contributed by atoms with E-state index in [0.29, 0.717) is 5.56 Å². The Kier molecular flexibility index (Phi) is 6.26. The molecule has 0 fully saturated rings. The first kappa shape index (κ1) is 22.5. The van der Waals surface area contributed by atoms with Crippen molar-refractivity contribution in [2.24, 2.45) is 0 Å². The van der Waals surface area contributed by atoms with Gasteiger partial charge in [0.15, 0.2) is 12.4 Å². The molecule has 0 aliphatic carbocycles. The lowest BCUT2D eigenvalue weighted by molar-refractivity contribution is -0.384. The molecule has 3 aromatic carbocycles. The van der Waals surface area contributed by atoms with Crippen molar-refractivity contribution in [3.63, 3.8) is 0 Å². The highest BCUT2D eigenvalue weighted by Gasteiger charge is 2.43. The molecule has 2 amide bonds. The molecular formula is C25H18N2O7. The molecule has 0 saturated heterocycles. The highest BCUT2D eigenvalue weighted by atomic mass is 16.6. The Morgan fingerprint density at radius 1 is 0.853 bits per heavy atom. The summed E-state index contributed by atoms with van der Waals surface area (Å²) in [6, 6.07) is 18.7. The quantitative estimate of drug-likeness (QED) is 0.167. The summed E-state index contributed by atoms with van der Waals surface area (Å²) >= 11 is 0. The largest absolute Gasteiger partial charge is 0.456 e. The molecule has 0 bridgehead atoms. The lowest BCUT2D eigenvalue weighted by Gasteiger charge is -2.24. The summed E-state index contributed by atoms with van der Waals surface area (Å²) in [4.78, 5) is 62.5. The Morgan fingerprint density at radius 2 is 1.41 bits per heavy atom. The number of amides is 2. The number of ketones is 1. The molecule has 1 heterocycles. The third-order valence-electron chi connectivity index (χ3n) is 5.43. The number of carbonyl (C=O) groups is 4.